The molecule has 1 rings (SSSR count). The van der Waals surface area contributed by atoms with Gasteiger partial charge in [0.1, 0.15) is 5.82 Å². The maximum Gasteiger partial charge on any atom is 0.217 e. The average molecular weight is 214 g/mol. The van der Waals surface area contributed by atoms with Crippen LogP contribution in [0, 0.1) is 0 Å². The summed E-state index contributed by atoms with van der Waals surface area (Å²) in [6.45, 7) is 2.06. The van der Waals surface area contributed by atoms with Crippen molar-refractivity contribution >= 4 is 17.7 Å². The maximum absolute atomic E-state index is 10.6. The van der Waals surface area contributed by atoms with Crippen LogP contribution >= 0.6 is 11.8 Å². The van der Waals surface area contributed by atoms with E-state index < -0.39 is 0 Å². The van der Waals surface area contributed by atoms with Crippen molar-refractivity contribution in [2.75, 3.05) is 5.75 Å². The van der Waals surface area contributed by atoms with Gasteiger partial charge in [0, 0.05) is 19.9 Å². The van der Waals surface area contributed by atoms with Crippen LogP contribution in [0.4, 0.5) is 0 Å². The van der Waals surface area contributed by atoms with E-state index in [1.807, 2.05) is 11.6 Å². The highest BCUT2D eigenvalue weighted by molar-refractivity contribution is 7.99. The molecule has 6 heteroatoms. The molecule has 1 aromatic rings. The minimum absolute atomic E-state index is 0.308. The van der Waals surface area contributed by atoms with Crippen molar-refractivity contribution in [3.05, 3.63) is 5.82 Å². The highest BCUT2D eigenvalue weighted by Crippen LogP contribution is 2.15. The average Bonchev–Trinajstić information content (AvgIpc) is 2.46. The largest absolute Gasteiger partial charge is 0.370 e. The molecule has 0 atom stereocenters. The van der Waals surface area contributed by atoms with E-state index in [4.69, 9.17) is 5.73 Å². The minimum atomic E-state index is -0.308. The first-order chi connectivity index (χ1) is 6.65. The molecule has 0 aliphatic heterocycles. The summed E-state index contributed by atoms with van der Waals surface area (Å²) in [4.78, 5) is 10.6. The van der Waals surface area contributed by atoms with Crippen molar-refractivity contribution in [1.82, 2.24) is 14.8 Å². The van der Waals surface area contributed by atoms with E-state index in [9.17, 15) is 4.79 Å². The number of thioether (sulfide) groups is 1. The van der Waals surface area contributed by atoms with Crippen LogP contribution in [0.5, 0.6) is 0 Å². The highest BCUT2D eigenvalue weighted by atomic mass is 32.2. The van der Waals surface area contributed by atoms with Crippen LogP contribution < -0.4 is 5.73 Å². The Morgan fingerprint density at radius 2 is 2.29 bits per heavy atom. The van der Waals surface area contributed by atoms with Gasteiger partial charge >= 0.3 is 0 Å². The lowest BCUT2D eigenvalue weighted by Gasteiger charge is -2.00. The van der Waals surface area contributed by atoms with Crippen molar-refractivity contribution in [3.63, 3.8) is 0 Å². The first-order valence-electron chi connectivity index (χ1n) is 4.44. The fourth-order valence-corrected chi connectivity index (χ4v) is 1.71. The Labute approximate surface area is 87.1 Å². The Bertz CT molecular complexity index is 323. The zero-order chi connectivity index (χ0) is 10.6. The number of primary amides is 1. The van der Waals surface area contributed by atoms with E-state index in [2.05, 4.69) is 17.1 Å². The SMILES string of the molecule is CCSc1nnc(CCC(N)=O)n1C. The molecule has 14 heavy (non-hydrogen) atoms. The molecule has 1 aromatic heterocycles. The van der Waals surface area contributed by atoms with E-state index in [0.717, 1.165) is 16.7 Å². The smallest absolute Gasteiger partial charge is 0.217 e. The van der Waals surface area contributed by atoms with Gasteiger partial charge in [-0.1, -0.05) is 18.7 Å². The van der Waals surface area contributed by atoms with Crippen LogP contribution in [0.1, 0.15) is 19.2 Å². The molecule has 1 heterocycles. The Morgan fingerprint density at radius 3 is 2.86 bits per heavy atom. The van der Waals surface area contributed by atoms with Crippen LogP contribution in [0.3, 0.4) is 0 Å². The van der Waals surface area contributed by atoms with Crippen molar-refractivity contribution in [2.45, 2.75) is 24.9 Å². The molecule has 0 saturated carbocycles. The molecule has 5 nitrogen and oxygen atoms in total. The summed E-state index contributed by atoms with van der Waals surface area (Å²) >= 11 is 1.63. The topological polar surface area (TPSA) is 73.8 Å². The van der Waals surface area contributed by atoms with Crippen LogP contribution in [0.15, 0.2) is 5.16 Å². The number of carbonyl (C=O) groups is 1. The van der Waals surface area contributed by atoms with Gasteiger partial charge in [-0.25, -0.2) is 0 Å². The van der Waals surface area contributed by atoms with E-state index in [-0.39, 0.29) is 5.91 Å². The molecule has 78 valence electrons. The molecule has 0 bridgehead atoms. The van der Waals surface area contributed by atoms with Gasteiger partial charge in [-0.2, -0.15) is 0 Å². The normalized spacial score (nSPS) is 10.4. The Balaban J connectivity index is 2.64. The first-order valence-corrected chi connectivity index (χ1v) is 5.43. The third-order valence-electron chi connectivity index (χ3n) is 1.79. The standard InChI is InChI=1S/C8H14N4OS/c1-3-14-8-11-10-7(12(8)2)5-4-6(9)13/h3-5H2,1-2H3,(H2,9,13). The number of nitrogens with zero attached hydrogens (tertiary/aromatic N) is 3. The predicted molar refractivity (Wildman–Crippen MR) is 54.9 cm³/mol. The monoisotopic (exact) mass is 214 g/mol. The number of hydrogen-bond acceptors (Lipinski definition) is 4. The van der Waals surface area contributed by atoms with Crippen LogP contribution in [0.25, 0.3) is 0 Å². The number of aromatic nitrogens is 3. The molecule has 0 aliphatic rings. The Kier molecular flexibility index (Phi) is 3.94. The van der Waals surface area contributed by atoms with Gasteiger partial charge in [0.15, 0.2) is 5.16 Å². The van der Waals surface area contributed by atoms with Gasteiger partial charge < -0.3 is 10.3 Å². The van der Waals surface area contributed by atoms with Gasteiger partial charge in [0.2, 0.25) is 5.91 Å². The summed E-state index contributed by atoms with van der Waals surface area (Å²) in [6, 6.07) is 0. The Hall–Kier alpha value is -1.04. The number of amides is 1. The summed E-state index contributed by atoms with van der Waals surface area (Å²) in [5.74, 6) is 1.46. The molecule has 0 aliphatic carbocycles. The zero-order valence-corrected chi connectivity index (χ0v) is 9.17. The summed E-state index contributed by atoms with van der Waals surface area (Å²) in [5.41, 5.74) is 5.05. The van der Waals surface area contributed by atoms with E-state index >= 15 is 0 Å². The number of aryl methyl sites for hydroxylation is 1. The minimum Gasteiger partial charge on any atom is -0.370 e. The fourth-order valence-electron chi connectivity index (χ4n) is 1.05. The molecule has 2 N–H and O–H groups in total. The quantitative estimate of drug-likeness (QED) is 0.717. The highest BCUT2D eigenvalue weighted by Gasteiger charge is 2.08. The second-order valence-electron chi connectivity index (χ2n) is 2.86. The van der Waals surface area contributed by atoms with Gasteiger partial charge in [-0.15, -0.1) is 10.2 Å². The molecule has 0 unspecified atom stereocenters. The van der Waals surface area contributed by atoms with Crippen molar-refractivity contribution in [2.24, 2.45) is 12.8 Å². The predicted octanol–water partition coefficient (Wildman–Crippen LogP) is 0.345. The first kappa shape index (κ1) is 11.0. The van der Waals surface area contributed by atoms with Gasteiger partial charge in [0.25, 0.3) is 0 Å². The molecular weight excluding hydrogens is 200 g/mol. The lowest BCUT2D eigenvalue weighted by Crippen LogP contribution is -2.12. The van der Waals surface area contributed by atoms with E-state index in [0.29, 0.717) is 12.8 Å². The fraction of sp³-hybridized carbons (Fsp3) is 0.625. The third-order valence-corrected chi connectivity index (χ3v) is 2.70. The number of nitrogens with two attached hydrogens (primary N) is 1. The maximum atomic E-state index is 10.6. The van der Waals surface area contributed by atoms with Crippen molar-refractivity contribution < 1.29 is 4.79 Å². The number of hydrogen-bond donors (Lipinski definition) is 1. The summed E-state index contributed by atoms with van der Waals surface area (Å²) in [5, 5.41) is 8.88. The zero-order valence-electron chi connectivity index (χ0n) is 8.36. The van der Waals surface area contributed by atoms with Crippen molar-refractivity contribution in [1.29, 1.82) is 0 Å². The van der Waals surface area contributed by atoms with Gasteiger partial charge in [0.05, 0.1) is 0 Å². The molecule has 0 saturated heterocycles. The van der Waals surface area contributed by atoms with Gasteiger partial charge in [-0.05, 0) is 5.75 Å². The van der Waals surface area contributed by atoms with Gasteiger partial charge in [-0.3, -0.25) is 4.79 Å². The molecule has 0 radical (unpaired) electrons. The number of carbonyl (C=O) groups excluding carboxylic acids is 1. The van der Waals surface area contributed by atoms with Crippen molar-refractivity contribution in [3.8, 4) is 0 Å². The van der Waals surface area contributed by atoms with E-state index in [1.165, 1.54) is 0 Å². The molecular formula is C8H14N4OS. The second kappa shape index (κ2) is 4.99. The molecule has 1 amide bonds. The Morgan fingerprint density at radius 1 is 1.57 bits per heavy atom. The van der Waals surface area contributed by atoms with Crippen LogP contribution in [0.2, 0.25) is 0 Å². The number of rotatable bonds is 5. The molecule has 0 spiro atoms. The molecule has 0 aromatic carbocycles. The van der Waals surface area contributed by atoms with E-state index in [1.54, 1.807) is 11.8 Å². The second-order valence-corrected chi connectivity index (χ2v) is 4.09. The lowest BCUT2D eigenvalue weighted by molar-refractivity contribution is -0.118. The third kappa shape index (κ3) is 2.73. The lowest BCUT2D eigenvalue weighted by atomic mass is 10.3. The summed E-state index contributed by atoms with van der Waals surface area (Å²) < 4.78 is 1.90. The van der Waals surface area contributed by atoms with Crippen LogP contribution in [-0.4, -0.2) is 26.4 Å². The van der Waals surface area contributed by atoms with Crippen LogP contribution in [-0.2, 0) is 18.3 Å². The summed E-state index contributed by atoms with van der Waals surface area (Å²) in [6.07, 6.45) is 0.881. The summed E-state index contributed by atoms with van der Waals surface area (Å²) in [7, 11) is 1.90. The molecule has 0 fully saturated rings.